The molecule has 0 bridgehead atoms. The molecule has 0 radical (unpaired) electrons. The summed E-state index contributed by atoms with van der Waals surface area (Å²) in [5.74, 6) is -3.60. The van der Waals surface area contributed by atoms with E-state index in [9.17, 15) is 39.6 Å². The zero-order valence-electron chi connectivity index (χ0n) is 29.0. The first-order chi connectivity index (χ1) is 26.6. The summed E-state index contributed by atoms with van der Waals surface area (Å²) in [6, 6.07) is 31.2. The molecule has 0 spiro atoms. The van der Waals surface area contributed by atoms with Crippen LogP contribution in [0.3, 0.4) is 0 Å². The van der Waals surface area contributed by atoms with Crippen molar-refractivity contribution in [1.82, 2.24) is 0 Å². The maximum Gasteiger partial charge on any atom is 0.338 e. The van der Waals surface area contributed by atoms with Crippen LogP contribution in [-0.2, 0) is 33.2 Å². The van der Waals surface area contributed by atoms with Crippen molar-refractivity contribution >= 4 is 23.9 Å². The van der Waals surface area contributed by atoms with Gasteiger partial charge in [-0.2, -0.15) is 0 Å². The van der Waals surface area contributed by atoms with Crippen molar-refractivity contribution in [2.24, 2.45) is 0 Å². The first-order valence-corrected chi connectivity index (χ1v) is 17.3. The van der Waals surface area contributed by atoms with Crippen LogP contribution in [0, 0.1) is 0 Å². The first-order valence-electron chi connectivity index (χ1n) is 17.3. The van der Waals surface area contributed by atoms with Crippen LogP contribution < -0.4 is 0 Å². The molecule has 0 aliphatic carbocycles. The molecule has 288 valence electrons. The van der Waals surface area contributed by atoms with Gasteiger partial charge in [-0.25, -0.2) is 19.2 Å². The van der Waals surface area contributed by atoms with E-state index in [1.165, 1.54) is 48.5 Å². The van der Waals surface area contributed by atoms with Crippen molar-refractivity contribution in [2.75, 3.05) is 13.2 Å². The number of carbonyl (C=O) groups excluding carboxylic acids is 4. The fourth-order valence-electron chi connectivity index (χ4n) is 5.95. The number of carbonyl (C=O) groups is 4. The molecule has 10 atom stereocenters. The normalized spacial score (nSPS) is 27.6. The van der Waals surface area contributed by atoms with E-state index in [1.807, 2.05) is 0 Å². The second-order valence-corrected chi connectivity index (χ2v) is 12.5. The van der Waals surface area contributed by atoms with Crippen LogP contribution in [0.15, 0.2) is 121 Å². The topological polar surface area (TPSA) is 214 Å². The molecule has 55 heavy (non-hydrogen) atoms. The van der Waals surface area contributed by atoms with Crippen LogP contribution in [-0.4, -0.2) is 119 Å². The van der Waals surface area contributed by atoms with E-state index in [0.29, 0.717) is 0 Å². The summed E-state index contributed by atoms with van der Waals surface area (Å²) >= 11 is 0. The summed E-state index contributed by atoms with van der Waals surface area (Å²) in [7, 11) is 0. The van der Waals surface area contributed by atoms with Gasteiger partial charge >= 0.3 is 23.9 Å². The number of esters is 4. The van der Waals surface area contributed by atoms with Crippen LogP contribution in [0.4, 0.5) is 0 Å². The molecule has 2 aliphatic heterocycles. The Morgan fingerprint density at radius 3 is 1.33 bits per heavy atom. The molecule has 2 heterocycles. The highest BCUT2D eigenvalue weighted by Crippen LogP contribution is 2.34. The molecule has 6 rings (SSSR count). The lowest BCUT2D eigenvalue weighted by atomic mass is 9.97. The predicted molar refractivity (Wildman–Crippen MR) is 187 cm³/mol. The highest BCUT2D eigenvalue weighted by molar-refractivity contribution is 5.91. The van der Waals surface area contributed by atoms with Gasteiger partial charge in [-0.1, -0.05) is 72.8 Å². The van der Waals surface area contributed by atoms with Crippen LogP contribution in [0.5, 0.6) is 0 Å². The third-order valence-electron chi connectivity index (χ3n) is 8.85. The molecule has 0 aromatic heterocycles. The molecule has 4 N–H and O–H groups in total. The SMILES string of the molecule is O=C(OC[C@H]1O[C@@H](O[C@H]2O[C@H](CO)[C@@H](O)[C@H](O)[C@H]2O)[C@H](OC(=O)c2ccccc2)[C@@H](OC(=O)c2ccccc2)[C@@H]1OC(=O)c1ccccc1)c1ccccc1. The number of aliphatic hydroxyl groups is 4. The quantitative estimate of drug-likeness (QED) is 0.120. The van der Waals surface area contributed by atoms with Gasteiger partial charge in [0.1, 0.15) is 37.1 Å². The molecular formula is C40H38O15. The summed E-state index contributed by atoms with van der Waals surface area (Å²) in [5, 5.41) is 41.6. The van der Waals surface area contributed by atoms with Crippen LogP contribution in [0.2, 0.25) is 0 Å². The Bertz CT molecular complexity index is 1880. The summed E-state index contributed by atoms with van der Waals surface area (Å²) in [4.78, 5) is 54.2. The van der Waals surface area contributed by atoms with Gasteiger partial charge in [0.05, 0.1) is 28.9 Å². The average Bonchev–Trinajstić information content (AvgIpc) is 3.23. The number of ether oxygens (including phenoxy) is 7. The lowest BCUT2D eigenvalue weighted by Crippen LogP contribution is -2.65. The average molecular weight is 759 g/mol. The highest BCUT2D eigenvalue weighted by atomic mass is 16.8. The molecule has 4 aromatic carbocycles. The number of aliphatic hydroxyl groups excluding tert-OH is 4. The van der Waals surface area contributed by atoms with Crippen molar-refractivity contribution in [3.63, 3.8) is 0 Å². The van der Waals surface area contributed by atoms with Gasteiger partial charge in [0.2, 0.25) is 6.29 Å². The van der Waals surface area contributed by atoms with Crippen molar-refractivity contribution in [1.29, 1.82) is 0 Å². The molecule has 0 amide bonds. The van der Waals surface area contributed by atoms with Crippen molar-refractivity contribution in [2.45, 2.75) is 61.4 Å². The monoisotopic (exact) mass is 758 g/mol. The zero-order valence-corrected chi connectivity index (χ0v) is 29.0. The molecule has 4 aromatic rings. The minimum Gasteiger partial charge on any atom is -0.459 e. The Labute approximate surface area is 314 Å². The van der Waals surface area contributed by atoms with E-state index in [2.05, 4.69) is 0 Å². The predicted octanol–water partition coefficient (Wildman–Crippen LogP) is 2.06. The highest BCUT2D eigenvalue weighted by Gasteiger charge is 2.56. The standard InChI is InChI=1S/C40H38O15/c41-21-27-29(42)30(43)31(44)39(50-27)55-40-34(54-38(48)26-19-11-4-12-20-26)33(53-37(47)25-17-9-3-10-18-25)32(52-36(46)24-15-7-2-8-16-24)28(51-40)22-49-35(45)23-13-5-1-6-14-23/h1-20,27-34,39-44H,21-22H2/t27-,28-,29-,30+,31-,32-,33+,34-,39-,40+/m1/s1. The Hall–Kier alpha value is -5.52. The fraction of sp³-hybridized carbons (Fsp3) is 0.300. The third kappa shape index (κ3) is 9.41. The largest absolute Gasteiger partial charge is 0.459 e. The lowest BCUT2D eigenvalue weighted by molar-refractivity contribution is -0.374. The second kappa shape index (κ2) is 18.2. The van der Waals surface area contributed by atoms with Gasteiger partial charge in [0.25, 0.3) is 0 Å². The zero-order chi connectivity index (χ0) is 38.9. The van der Waals surface area contributed by atoms with E-state index in [1.54, 1.807) is 72.8 Å². The Kier molecular flexibility index (Phi) is 13.0. The van der Waals surface area contributed by atoms with Gasteiger partial charge in [-0.15, -0.1) is 0 Å². The van der Waals surface area contributed by atoms with E-state index in [-0.39, 0.29) is 22.3 Å². The maximum absolute atomic E-state index is 13.8. The molecule has 15 heteroatoms. The second-order valence-electron chi connectivity index (χ2n) is 12.5. The summed E-state index contributed by atoms with van der Waals surface area (Å²) in [6.45, 7) is -1.44. The summed E-state index contributed by atoms with van der Waals surface area (Å²) in [5.41, 5.74) is 0.382. The number of benzene rings is 4. The molecule has 2 fully saturated rings. The smallest absolute Gasteiger partial charge is 0.338 e. The van der Waals surface area contributed by atoms with Gasteiger partial charge in [-0.3, -0.25) is 0 Å². The van der Waals surface area contributed by atoms with E-state index in [4.69, 9.17) is 33.2 Å². The van der Waals surface area contributed by atoms with Crippen LogP contribution in [0.25, 0.3) is 0 Å². The fourth-order valence-corrected chi connectivity index (χ4v) is 5.95. The van der Waals surface area contributed by atoms with Crippen molar-refractivity contribution in [3.05, 3.63) is 144 Å². The summed E-state index contributed by atoms with van der Waals surface area (Å²) < 4.78 is 41.2. The minimum atomic E-state index is -1.94. The van der Waals surface area contributed by atoms with Gasteiger partial charge in [0, 0.05) is 0 Å². The van der Waals surface area contributed by atoms with Crippen LogP contribution in [0.1, 0.15) is 41.4 Å². The van der Waals surface area contributed by atoms with E-state index in [0.717, 1.165) is 0 Å². The number of rotatable bonds is 12. The van der Waals surface area contributed by atoms with Crippen molar-refractivity contribution in [3.8, 4) is 0 Å². The Morgan fingerprint density at radius 1 is 0.473 bits per heavy atom. The van der Waals surface area contributed by atoms with Gasteiger partial charge in [0.15, 0.2) is 24.6 Å². The lowest BCUT2D eigenvalue weighted by Gasteiger charge is -2.46. The van der Waals surface area contributed by atoms with Crippen LogP contribution >= 0.6 is 0 Å². The van der Waals surface area contributed by atoms with Gasteiger partial charge in [-0.05, 0) is 48.5 Å². The molecule has 0 saturated carbocycles. The molecule has 2 saturated heterocycles. The molecule has 0 unspecified atom stereocenters. The van der Waals surface area contributed by atoms with Gasteiger partial charge < -0.3 is 53.6 Å². The van der Waals surface area contributed by atoms with Crippen molar-refractivity contribution < 1.29 is 72.8 Å². The first kappa shape index (κ1) is 39.2. The molecular weight excluding hydrogens is 720 g/mol. The number of hydrogen-bond donors (Lipinski definition) is 4. The Balaban J connectivity index is 1.42. The minimum absolute atomic E-state index is 0.0546. The Morgan fingerprint density at radius 2 is 0.873 bits per heavy atom. The third-order valence-corrected chi connectivity index (χ3v) is 8.85. The number of hydrogen-bond acceptors (Lipinski definition) is 15. The maximum atomic E-state index is 13.8. The molecule has 15 nitrogen and oxygen atoms in total. The van der Waals surface area contributed by atoms with E-state index < -0.39 is 98.5 Å². The van der Waals surface area contributed by atoms with E-state index >= 15 is 0 Å². The summed E-state index contributed by atoms with van der Waals surface area (Å²) in [6.07, 6.45) is -17.5. The molecule has 2 aliphatic rings.